The number of benzene rings is 4. The van der Waals surface area contributed by atoms with E-state index in [0.717, 1.165) is 21.7 Å². The van der Waals surface area contributed by atoms with Crippen molar-refractivity contribution in [3.8, 4) is 11.5 Å². The van der Waals surface area contributed by atoms with Crippen LogP contribution < -0.4 is 25.4 Å². The molecule has 3 N–H and O–H groups in total. The Morgan fingerprint density at radius 2 is 1.51 bits per heavy atom. The molecule has 0 fully saturated rings. The van der Waals surface area contributed by atoms with Crippen molar-refractivity contribution in [2.75, 3.05) is 24.9 Å². The fraction of sp³-hybridized carbons (Fsp3) is 0.194. The topological polar surface area (TPSA) is 106 Å². The number of hydrogen-bond acceptors (Lipinski definition) is 6. The summed E-state index contributed by atoms with van der Waals surface area (Å²) < 4.78 is 10.9. The van der Waals surface area contributed by atoms with E-state index < -0.39 is 11.8 Å². The summed E-state index contributed by atoms with van der Waals surface area (Å²) in [7, 11) is 3.03. The first-order chi connectivity index (χ1) is 21.7. The van der Waals surface area contributed by atoms with E-state index in [1.165, 1.54) is 26.0 Å². The van der Waals surface area contributed by atoms with Crippen LogP contribution in [0.2, 0.25) is 0 Å². The number of rotatable bonds is 12. The minimum absolute atomic E-state index is 0.00715. The van der Waals surface area contributed by atoms with E-state index in [1.54, 1.807) is 60.7 Å². The monoisotopic (exact) mass is 623 g/mol. The number of thioether (sulfide) groups is 1. The zero-order valence-corrected chi connectivity index (χ0v) is 26.8. The zero-order valence-electron chi connectivity index (χ0n) is 26.0. The van der Waals surface area contributed by atoms with Gasteiger partial charge in [0.1, 0.15) is 5.70 Å². The summed E-state index contributed by atoms with van der Waals surface area (Å²) in [6.07, 6.45) is 2.15. The van der Waals surface area contributed by atoms with Gasteiger partial charge in [-0.3, -0.25) is 14.4 Å². The zero-order chi connectivity index (χ0) is 32.3. The fourth-order valence-corrected chi connectivity index (χ4v) is 5.74. The molecule has 0 aliphatic carbocycles. The minimum atomic E-state index is -0.536. The number of ether oxygens (including phenoxy) is 2. The Balaban J connectivity index is 1.56. The van der Waals surface area contributed by atoms with Crippen LogP contribution in [-0.4, -0.2) is 37.2 Å². The number of carbonyl (C=O) groups excluding carboxylic acids is 3. The standard InChI is InChI=1S/C36H37N3O5S/c1-6-32(36(42)38-28-19-23(2)18-24(3)20-28)45-29-16-11-15-27(22-29)37-35(41)30(39-34(40)25-12-8-7-9-13-25)21-26-14-10-17-31(43-4)33(26)44-5/h7-22,32H,6H2,1-5H3,(H,37,41)(H,38,42)(H,39,40)/b30-21+. The molecule has 1 atom stereocenters. The van der Waals surface area contributed by atoms with Crippen molar-refractivity contribution in [3.63, 3.8) is 0 Å². The second-order valence-electron chi connectivity index (χ2n) is 10.3. The molecule has 1 unspecified atom stereocenters. The van der Waals surface area contributed by atoms with Gasteiger partial charge in [-0.05, 0) is 86.0 Å². The molecular weight excluding hydrogens is 586 g/mol. The van der Waals surface area contributed by atoms with Gasteiger partial charge < -0.3 is 25.4 Å². The fourth-order valence-electron chi connectivity index (χ4n) is 4.73. The van der Waals surface area contributed by atoms with E-state index in [9.17, 15) is 14.4 Å². The number of anilines is 2. The number of nitrogens with one attached hydrogen (secondary N) is 3. The lowest BCUT2D eigenvalue weighted by Gasteiger charge is -2.16. The molecule has 0 bridgehead atoms. The normalized spacial score (nSPS) is 11.7. The lowest BCUT2D eigenvalue weighted by Crippen LogP contribution is -2.30. The molecule has 0 radical (unpaired) electrons. The lowest BCUT2D eigenvalue weighted by molar-refractivity contribution is -0.116. The van der Waals surface area contributed by atoms with Gasteiger partial charge in [-0.15, -0.1) is 11.8 Å². The van der Waals surface area contributed by atoms with E-state index in [1.807, 2.05) is 51.1 Å². The number of aryl methyl sites for hydroxylation is 2. The van der Waals surface area contributed by atoms with E-state index in [4.69, 9.17) is 9.47 Å². The number of amides is 3. The maximum atomic E-state index is 13.7. The van der Waals surface area contributed by atoms with Gasteiger partial charge >= 0.3 is 0 Å². The smallest absolute Gasteiger partial charge is 0.272 e. The maximum Gasteiger partial charge on any atom is 0.272 e. The van der Waals surface area contributed by atoms with Crippen LogP contribution in [0.5, 0.6) is 11.5 Å². The van der Waals surface area contributed by atoms with Crippen molar-refractivity contribution in [2.45, 2.75) is 37.3 Å². The third-order valence-corrected chi connectivity index (χ3v) is 8.14. The molecule has 0 spiro atoms. The average Bonchev–Trinajstić information content (AvgIpc) is 3.03. The number of hydrogen-bond donors (Lipinski definition) is 3. The van der Waals surface area contributed by atoms with Crippen LogP contribution in [0.4, 0.5) is 11.4 Å². The molecular formula is C36H37N3O5S. The van der Waals surface area contributed by atoms with Crippen molar-refractivity contribution in [1.29, 1.82) is 0 Å². The highest BCUT2D eigenvalue weighted by molar-refractivity contribution is 8.00. The molecule has 45 heavy (non-hydrogen) atoms. The molecule has 232 valence electrons. The average molecular weight is 624 g/mol. The molecule has 3 amide bonds. The Hall–Kier alpha value is -5.02. The van der Waals surface area contributed by atoms with Crippen LogP contribution in [-0.2, 0) is 9.59 Å². The van der Waals surface area contributed by atoms with Crippen molar-refractivity contribution < 1.29 is 23.9 Å². The van der Waals surface area contributed by atoms with Gasteiger partial charge in [-0.2, -0.15) is 0 Å². The minimum Gasteiger partial charge on any atom is -0.493 e. The first-order valence-corrected chi connectivity index (χ1v) is 15.3. The molecule has 0 saturated carbocycles. The van der Waals surface area contributed by atoms with Crippen molar-refractivity contribution in [2.24, 2.45) is 0 Å². The van der Waals surface area contributed by atoms with E-state index in [2.05, 4.69) is 22.0 Å². The second-order valence-corrected chi connectivity index (χ2v) is 11.6. The summed E-state index contributed by atoms with van der Waals surface area (Å²) in [4.78, 5) is 40.7. The summed E-state index contributed by atoms with van der Waals surface area (Å²) in [6, 6.07) is 27.1. The maximum absolute atomic E-state index is 13.7. The highest BCUT2D eigenvalue weighted by atomic mass is 32.2. The van der Waals surface area contributed by atoms with Gasteiger partial charge in [0.15, 0.2) is 11.5 Å². The van der Waals surface area contributed by atoms with Crippen LogP contribution in [0.1, 0.15) is 40.4 Å². The lowest BCUT2D eigenvalue weighted by atomic mass is 10.1. The van der Waals surface area contributed by atoms with Gasteiger partial charge in [0.2, 0.25) is 5.91 Å². The third kappa shape index (κ3) is 9.00. The SMILES string of the molecule is CCC(Sc1cccc(NC(=O)/C(=C\c2cccc(OC)c2OC)NC(=O)c2ccccc2)c1)C(=O)Nc1cc(C)cc(C)c1. The molecule has 8 nitrogen and oxygen atoms in total. The van der Waals surface area contributed by atoms with Crippen molar-refractivity contribution in [3.05, 3.63) is 119 Å². The molecule has 4 rings (SSSR count). The van der Waals surface area contributed by atoms with Crippen LogP contribution in [0.25, 0.3) is 6.08 Å². The van der Waals surface area contributed by atoms with Crippen LogP contribution >= 0.6 is 11.8 Å². The van der Waals surface area contributed by atoms with Crippen molar-refractivity contribution in [1.82, 2.24) is 5.32 Å². The van der Waals surface area contributed by atoms with Gasteiger partial charge in [-0.25, -0.2) is 0 Å². The summed E-state index contributed by atoms with van der Waals surface area (Å²) in [5.74, 6) is -0.169. The first-order valence-electron chi connectivity index (χ1n) is 14.5. The molecule has 4 aromatic rings. The third-order valence-electron chi connectivity index (χ3n) is 6.78. The molecule has 0 saturated heterocycles. The molecule has 0 heterocycles. The van der Waals surface area contributed by atoms with E-state index in [-0.39, 0.29) is 16.9 Å². The second kappa shape index (κ2) is 15.6. The Morgan fingerprint density at radius 1 is 0.800 bits per heavy atom. The van der Waals surface area contributed by atoms with Crippen molar-refractivity contribution >= 4 is 46.9 Å². The summed E-state index contributed by atoms with van der Waals surface area (Å²) in [5, 5.41) is 8.32. The van der Waals surface area contributed by atoms with E-state index >= 15 is 0 Å². The highest BCUT2D eigenvalue weighted by Crippen LogP contribution is 2.33. The van der Waals surface area contributed by atoms with Gasteiger partial charge in [0.25, 0.3) is 11.8 Å². The highest BCUT2D eigenvalue weighted by Gasteiger charge is 2.20. The molecule has 9 heteroatoms. The van der Waals surface area contributed by atoms with Gasteiger partial charge in [0.05, 0.1) is 19.5 Å². The quantitative estimate of drug-likeness (QED) is 0.114. The van der Waals surface area contributed by atoms with Gasteiger partial charge in [-0.1, -0.05) is 49.4 Å². The number of methoxy groups -OCH3 is 2. The molecule has 0 aliphatic rings. The molecule has 0 aromatic heterocycles. The Labute approximate surface area is 268 Å². The Morgan fingerprint density at radius 3 is 2.18 bits per heavy atom. The molecule has 4 aromatic carbocycles. The predicted octanol–water partition coefficient (Wildman–Crippen LogP) is 7.24. The van der Waals surface area contributed by atoms with Gasteiger partial charge in [0, 0.05) is 27.4 Å². The van der Waals surface area contributed by atoms with Crippen LogP contribution in [0.15, 0.2) is 102 Å². The predicted molar refractivity (Wildman–Crippen MR) is 181 cm³/mol. The largest absolute Gasteiger partial charge is 0.493 e. The Kier molecular flexibility index (Phi) is 11.4. The first kappa shape index (κ1) is 32.9. The summed E-state index contributed by atoms with van der Waals surface area (Å²) in [5.41, 5.74) is 4.37. The summed E-state index contributed by atoms with van der Waals surface area (Å²) >= 11 is 1.42. The van der Waals surface area contributed by atoms with Crippen LogP contribution in [0, 0.1) is 13.8 Å². The number of para-hydroxylation sites is 1. The molecule has 0 aliphatic heterocycles. The van der Waals surface area contributed by atoms with E-state index in [0.29, 0.717) is 34.7 Å². The van der Waals surface area contributed by atoms with Crippen LogP contribution in [0.3, 0.4) is 0 Å². The Bertz CT molecular complexity index is 1680. The number of carbonyl (C=O) groups is 3. The summed E-state index contributed by atoms with van der Waals surface area (Å²) in [6.45, 7) is 5.95.